The van der Waals surface area contributed by atoms with Crippen LogP contribution in [0.2, 0.25) is 0 Å². The fraction of sp³-hybridized carbons (Fsp3) is 0.429. The molecule has 1 aliphatic heterocycles. The Bertz CT molecular complexity index is 900. The molecular formula is C21H23NOS. The maximum atomic E-state index is 6.35. The number of furan rings is 1. The Morgan fingerprint density at radius 3 is 2.71 bits per heavy atom. The molecule has 0 N–H and O–H groups in total. The van der Waals surface area contributed by atoms with E-state index in [0.29, 0.717) is 6.04 Å². The van der Waals surface area contributed by atoms with E-state index in [1.54, 1.807) is 0 Å². The van der Waals surface area contributed by atoms with E-state index in [-0.39, 0.29) is 5.54 Å². The highest BCUT2D eigenvalue weighted by molar-refractivity contribution is 7.17. The van der Waals surface area contributed by atoms with Crippen molar-refractivity contribution in [3.05, 3.63) is 52.6 Å². The monoisotopic (exact) mass is 337 g/mol. The molecule has 5 rings (SSSR count). The third kappa shape index (κ3) is 1.76. The van der Waals surface area contributed by atoms with Crippen LogP contribution in [0, 0.1) is 6.92 Å². The Hall–Kier alpha value is -1.74. The molecule has 0 saturated heterocycles. The number of thiophene rings is 1. The number of hydrogen-bond donors (Lipinski definition) is 0. The lowest BCUT2D eigenvalue weighted by atomic mass is 9.77. The van der Waals surface area contributed by atoms with Crippen LogP contribution in [-0.4, -0.2) is 0 Å². The van der Waals surface area contributed by atoms with Crippen LogP contribution >= 0.6 is 11.3 Å². The van der Waals surface area contributed by atoms with Crippen LogP contribution in [0.4, 0.5) is 5.69 Å². The number of nitrogens with zero attached hydrogens (tertiary/aromatic N) is 1. The maximum Gasteiger partial charge on any atom is 0.145 e. The summed E-state index contributed by atoms with van der Waals surface area (Å²) in [6.45, 7) is 4.56. The zero-order valence-electron chi connectivity index (χ0n) is 14.3. The van der Waals surface area contributed by atoms with Crippen molar-refractivity contribution in [2.24, 2.45) is 0 Å². The number of aryl methyl sites for hydroxylation is 1. The van der Waals surface area contributed by atoms with Gasteiger partial charge in [0.15, 0.2) is 0 Å². The molecule has 1 fully saturated rings. The van der Waals surface area contributed by atoms with E-state index in [2.05, 4.69) is 54.5 Å². The van der Waals surface area contributed by atoms with E-state index >= 15 is 0 Å². The maximum absolute atomic E-state index is 6.35. The zero-order valence-corrected chi connectivity index (χ0v) is 15.2. The van der Waals surface area contributed by atoms with Gasteiger partial charge in [0.05, 0.1) is 16.3 Å². The highest BCUT2D eigenvalue weighted by atomic mass is 32.1. The number of hydrogen-bond acceptors (Lipinski definition) is 3. The fourth-order valence-electron chi connectivity index (χ4n) is 5.09. The second kappa shape index (κ2) is 5.13. The minimum absolute atomic E-state index is 0.120. The van der Waals surface area contributed by atoms with Crippen molar-refractivity contribution in [1.82, 2.24) is 0 Å². The van der Waals surface area contributed by atoms with Gasteiger partial charge in [-0.2, -0.15) is 0 Å². The van der Waals surface area contributed by atoms with Gasteiger partial charge < -0.3 is 9.32 Å². The van der Waals surface area contributed by atoms with Crippen molar-refractivity contribution < 1.29 is 4.42 Å². The third-order valence-corrected chi connectivity index (χ3v) is 6.98. The van der Waals surface area contributed by atoms with Crippen LogP contribution in [0.5, 0.6) is 0 Å². The number of benzene rings is 1. The molecule has 1 saturated carbocycles. The average Bonchev–Trinajstić information content (AvgIpc) is 3.22. The average molecular weight is 337 g/mol. The summed E-state index contributed by atoms with van der Waals surface area (Å²) in [5, 5.41) is 2.17. The van der Waals surface area contributed by atoms with Crippen LogP contribution in [0.3, 0.4) is 0 Å². The van der Waals surface area contributed by atoms with Gasteiger partial charge in [-0.15, -0.1) is 11.3 Å². The molecule has 2 aliphatic rings. The van der Waals surface area contributed by atoms with Crippen molar-refractivity contribution in [1.29, 1.82) is 0 Å². The van der Waals surface area contributed by atoms with Gasteiger partial charge in [0.25, 0.3) is 0 Å². The summed E-state index contributed by atoms with van der Waals surface area (Å²) in [6.07, 6.45) is 6.47. The molecule has 3 heteroatoms. The largest absolute Gasteiger partial charge is 0.458 e. The lowest BCUT2D eigenvalue weighted by molar-refractivity contribution is 0.285. The Labute approximate surface area is 147 Å². The van der Waals surface area contributed by atoms with Gasteiger partial charge in [-0.3, -0.25) is 0 Å². The zero-order chi connectivity index (χ0) is 16.3. The minimum atomic E-state index is 0.120. The highest BCUT2D eigenvalue weighted by Gasteiger charge is 2.53. The summed E-state index contributed by atoms with van der Waals surface area (Å²) in [5.41, 5.74) is 5.45. The second-order valence-corrected chi connectivity index (χ2v) is 8.30. The molecule has 0 radical (unpaired) electrons. The molecule has 1 aliphatic carbocycles. The summed E-state index contributed by atoms with van der Waals surface area (Å²) >= 11 is 1.85. The van der Waals surface area contributed by atoms with Crippen LogP contribution < -0.4 is 4.90 Å². The summed E-state index contributed by atoms with van der Waals surface area (Å²) in [7, 11) is 0. The molecule has 0 amide bonds. The van der Waals surface area contributed by atoms with Gasteiger partial charge in [-0.1, -0.05) is 37.5 Å². The first-order valence-electron chi connectivity index (χ1n) is 9.08. The molecule has 24 heavy (non-hydrogen) atoms. The molecular weight excluding hydrogens is 314 g/mol. The number of para-hydroxylation sites is 1. The van der Waals surface area contributed by atoms with Gasteiger partial charge >= 0.3 is 0 Å². The Morgan fingerprint density at radius 1 is 1.12 bits per heavy atom. The number of fused-ring (bicyclic) bond motifs is 4. The van der Waals surface area contributed by atoms with Gasteiger partial charge in [0.1, 0.15) is 11.3 Å². The Morgan fingerprint density at radius 2 is 1.92 bits per heavy atom. The summed E-state index contributed by atoms with van der Waals surface area (Å²) in [6, 6.07) is 11.3. The fourth-order valence-corrected chi connectivity index (χ4v) is 6.05. The van der Waals surface area contributed by atoms with Crippen molar-refractivity contribution >= 4 is 27.3 Å². The Balaban J connectivity index is 1.78. The molecule has 0 bridgehead atoms. The highest BCUT2D eigenvalue weighted by Crippen LogP contribution is 2.59. The van der Waals surface area contributed by atoms with Gasteiger partial charge in [-0.25, -0.2) is 0 Å². The first-order chi connectivity index (χ1) is 11.7. The van der Waals surface area contributed by atoms with Gasteiger partial charge in [0.2, 0.25) is 0 Å². The van der Waals surface area contributed by atoms with E-state index in [1.165, 1.54) is 59.4 Å². The molecule has 1 aromatic carbocycles. The van der Waals surface area contributed by atoms with Crippen molar-refractivity contribution in [3.8, 4) is 0 Å². The first-order valence-corrected chi connectivity index (χ1v) is 9.96. The second-order valence-electron chi connectivity index (χ2n) is 7.38. The van der Waals surface area contributed by atoms with Crippen molar-refractivity contribution in [2.45, 2.75) is 57.5 Å². The summed E-state index contributed by atoms with van der Waals surface area (Å²) < 4.78 is 7.73. The quantitative estimate of drug-likeness (QED) is 0.501. The molecule has 0 unspecified atom stereocenters. The van der Waals surface area contributed by atoms with Gasteiger partial charge in [-0.05, 0) is 49.8 Å². The van der Waals surface area contributed by atoms with E-state index in [9.17, 15) is 0 Å². The third-order valence-electron chi connectivity index (χ3n) is 6.07. The normalized spacial score (nSPS) is 22.4. The molecule has 2 aromatic heterocycles. The van der Waals surface area contributed by atoms with Crippen LogP contribution in [0.15, 0.2) is 40.1 Å². The molecule has 3 aromatic rings. The molecule has 124 valence electrons. The summed E-state index contributed by atoms with van der Waals surface area (Å²) in [5.74, 6) is 1.21. The van der Waals surface area contributed by atoms with E-state index in [4.69, 9.17) is 4.42 Å². The number of rotatable bonds is 1. The molecule has 1 atom stereocenters. The molecule has 2 nitrogen and oxygen atoms in total. The smallest absolute Gasteiger partial charge is 0.145 e. The van der Waals surface area contributed by atoms with Crippen LogP contribution in [-0.2, 0) is 5.54 Å². The Kier molecular flexibility index (Phi) is 3.12. The van der Waals surface area contributed by atoms with Gasteiger partial charge in [0, 0.05) is 11.3 Å². The lowest BCUT2D eigenvalue weighted by Gasteiger charge is -2.45. The topological polar surface area (TPSA) is 16.4 Å². The van der Waals surface area contributed by atoms with Crippen LogP contribution in [0.1, 0.15) is 62.0 Å². The standard InChI is InChI=1S/C21H23NOS/c1-14-8-4-5-9-16(14)22-15(2)19-18(20-17(23-19)10-13-24-20)21(22)11-6-3-7-12-21/h4-5,8-10,13,15H,3,6-7,11-12H2,1-2H3/t15-/m0/s1. The molecule has 3 heterocycles. The predicted octanol–water partition coefficient (Wildman–Crippen LogP) is 6.54. The molecule has 1 spiro atoms. The first kappa shape index (κ1) is 14.6. The van der Waals surface area contributed by atoms with E-state index < -0.39 is 0 Å². The van der Waals surface area contributed by atoms with E-state index in [1.807, 2.05) is 11.3 Å². The predicted molar refractivity (Wildman–Crippen MR) is 101 cm³/mol. The van der Waals surface area contributed by atoms with Crippen LogP contribution in [0.25, 0.3) is 10.3 Å². The number of anilines is 1. The van der Waals surface area contributed by atoms with E-state index in [0.717, 1.165) is 5.58 Å². The minimum Gasteiger partial charge on any atom is -0.458 e. The summed E-state index contributed by atoms with van der Waals surface area (Å²) in [4.78, 5) is 2.69. The lowest BCUT2D eigenvalue weighted by Crippen LogP contribution is -2.44. The SMILES string of the molecule is Cc1ccccc1N1[C@@H](C)c2oc3ccsc3c2C12CCCCC2. The van der Waals surface area contributed by atoms with Crippen molar-refractivity contribution in [2.75, 3.05) is 4.90 Å². The van der Waals surface area contributed by atoms with Crippen molar-refractivity contribution in [3.63, 3.8) is 0 Å².